The molecule has 6 nitrogen and oxygen atoms in total. The molecule has 0 saturated heterocycles. The zero-order valence-electron chi connectivity index (χ0n) is 18.4. The van der Waals surface area contributed by atoms with Crippen LogP contribution in [0.4, 0.5) is 10.5 Å². The second-order valence-electron chi connectivity index (χ2n) is 7.61. The van der Waals surface area contributed by atoms with E-state index in [0.717, 1.165) is 28.1 Å². The number of ether oxygens (including phenoxy) is 2. The van der Waals surface area contributed by atoms with Gasteiger partial charge in [0.2, 0.25) is 0 Å². The molecule has 7 heteroatoms. The summed E-state index contributed by atoms with van der Waals surface area (Å²) < 4.78 is 10.9. The number of thioether (sulfide) groups is 1. The molecule has 1 heterocycles. The number of nitrogens with one attached hydrogen (secondary N) is 2. The number of carbonyl (C=O) groups excluding carboxylic acids is 2. The summed E-state index contributed by atoms with van der Waals surface area (Å²) in [4.78, 5) is 24.0. The minimum atomic E-state index is -0.275. The fourth-order valence-electron chi connectivity index (χ4n) is 3.75. The van der Waals surface area contributed by atoms with Gasteiger partial charge in [0.25, 0.3) is 0 Å². The third-order valence-electron chi connectivity index (χ3n) is 5.36. The van der Waals surface area contributed by atoms with Crippen molar-refractivity contribution >= 4 is 29.4 Å². The minimum absolute atomic E-state index is 0.0234. The standard InChI is InChI=1S/C26H26N2O4S/c1-31-24(29)16-18-11-12-23-22(15-18)25(21-10-6-5-7-19(21)17-32-23)33-14-13-27-26(30)28-20-8-3-2-4-9-20/h2-12,15,25H,13-14,16-17H2,1H3,(H2,27,28,30). The van der Waals surface area contributed by atoms with Crippen molar-refractivity contribution < 1.29 is 19.1 Å². The first kappa shape index (κ1) is 22.7. The summed E-state index contributed by atoms with van der Waals surface area (Å²) in [6.45, 7) is 1.01. The molecule has 1 atom stereocenters. The van der Waals surface area contributed by atoms with Crippen LogP contribution in [0.5, 0.6) is 5.75 Å². The lowest BCUT2D eigenvalue weighted by Crippen LogP contribution is -2.30. The molecular weight excluding hydrogens is 436 g/mol. The molecule has 0 fully saturated rings. The summed E-state index contributed by atoms with van der Waals surface area (Å²) in [6, 6.07) is 23.2. The normalized spacial score (nSPS) is 14.2. The van der Waals surface area contributed by atoms with E-state index in [1.54, 1.807) is 11.8 Å². The fourth-order valence-corrected chi connectivity index (χ4v) is 4.97. The Hall–Kier alpha value is -3.45. The van der Waals surface area contributed by atoms with Crippen LogP contribution < -0.4 is 15.4 Å². The predicted molar refractivity (Wildman–Crippen MR) is 131 cm³/mol. The number of esters is 1. The molecule has 0 spiro atoms. The number of hydrogen-bond donors (Lipinski definition) is 2. The van der Waals surface area contributed by atoms with Crippen LogP contribution in [0.1, 0.15) is 27.5 Å². The van der Waals surface area contributed by atoms with Crippen molar-refractivity contribution in [2.75, 3.05) is 24.7 Å². The second-order valence-corrected chi connectivity index (χ2v) is 8.82. The molecule has 33 heavy (non-hydrogen) atoms. The Kier molecular flexibility index (Phi) is 7.52. The van der Waals surface area contributed by atoms with Crippen molar-refractivity contribution in [2.24, 2.45) is 0 Å². The second kappa shape index (κ2) is 10.9. The lowest BCUT2D eigenvalue weighted by molar-refractivity contribution is -0.139. The number of fused-ring (bicyclic) bond motifs is 2. The van der Waals surface area contributed by atoms with E-state index in [9.17, 15) is 9.59 Å². The van der Waals surface area contributed by atoms with Gasteiger partial charge in [0.05, 0.1) is 18.8 Å². The van der Waals surface area contributed by atoms with E-state index in [0.29, 0.717) is 18.9 Å². The molecule has 3 aromatic carbocycles. The molecule has 2 N–H and O–H groups in total. The van der Waals surface area contributed by atoms with Crippen molar-refractivity contribution in [3.05, 3.63) is 95.1 Å². The van der Waals surface area contributed by atoms with Crippen LogP contribution in [0.25, 0.3) is 0 Å². The van der Waals surface area contributed by atoms with Gasteiger partial charge in [-0.05, 0) is 34.9 Å². The summed E-state index contributed by atoms with van der Waals surface area (Å²) in [6.07, 6.45) is 0.212. The highest BCUT2D eigenvalue weighted by atomic mass is 32.2. The minimum Gasteiger partial charge on any atom is -0.489 e. The topological polar surface area (TPSA) is 76.7 Å². The molecule has 1 aliphatic heterocycles. The van der Waals surface area contributed by atoms with Crippen molar-refractivity contribution in [2.45, 2.75) is 18.3 Å². The molecule has 0 aliphatic carbocycles. The predicted octanol–water partition coefficient (Wildman–Crippen LogP) is 4.94. The molecule has 3 aromatic rings. The lowest BCUT2D eigenvalue weighted by Gasteiger charge is -2.20. The molecule has 0 bridgehead atoms. The number of methoxy groups -OCH3 is 1. The van der Waals surface area contributed by atoms with Gasteiger partial charge in [0.1, 0.15) is 12.4 Å². The van der Waals surface area contributed by atoms with Crippen LogP contribution in [0, 0.1) is 0 Å². The first-order valence-corrected chi connectivity index (χ1v) is 11.8. The number of hydrogen-bond acceptors (Lipinski definition) is 5. The van der Waals surface area contributed by atoms with Crippen molar-refractivity contribution in [1.82, 2.24) is 5.32 Å². The molecule has 170 valence electrons. The largest absolute Gasteiger partial charge is 0.489 e. The maximum absolute atomic E-state index is 12.2. The van der Waals surface area contributed by atoms with E-state index >= 15 is 0 Å². The summed E-state index contributed by atoms with van der Waals surface area (Å²) in [7, 11) is 1.39. The Bertz CT molecular complexity index is 1120. The number of para-hydroxylation sites is 1. The van der Waals surface area contributed by atoms with Crippen LogP contribution in [-0.4, -0.2) is 31.4 Å². The van der Waals surface area contributed by atoms with Crippen LogP contribution in [0.3, 0.4) is 0 Å². The molecule has 0 saturated carbocycles. The number of urea groups is 1. The highest BCUT2D eigenvalue weighted by molar-refractivity contribution is 7.99. The lowest BCUT2D eigenvalue weighted by atomic mass is 9.98. The molecule has 4 rings (SSSR count). The third-order valence-corrected chi connectivity index (χ3v) is 6.64. The average molecular weight is 463 g/mol. The van der Waals surface area contributed by atoms with Gasteiger partial charge < -0.3 is 20.1 Å². The van der Waals surface area contributed by atoms with E-state index in [1.165, 1.54) is 12.7 Å². The van der Waals surface area contributed by atoms with E-state index in [-0.39, 0.29) is 23.7 Å². The van der Waals surface area contributed by atoms with Crippen LogP contribution >= 0.6 is 11.8 Å². The highest BCUT2D eigenvalue weighted by Crippen LogP contribution is 2.44. The van der Waals surface area contributed by atoms with Crippen LogP contribution in [0.2, 0.25) is 0 Å². The summed E-state index contributed by atoms with van der Waals surface area (Å²) >= 11 is 1.74. The molecular formula is C26H26N2O4S. The van der Waals surface area contributed by atoms with Gasteiger partial charge in [-0.3, -0.25) is 4.79 Å². The van der Waals surface area contributed by atoms with Crippen molar-refractivity contribution in [1.29, 1.82) is 0 Å². The Morgan fingerprint density at radius 3 is 2.64 bits per heavy atom. The van der Waals surface area contributed by atoms with Gasteiger partial charge in [-0.2, -0.15) is 0 Å². The summed E-state index contributed by atoms with van der Waals surface area (Å²) in [5.41, 5.74) is 4.99. The molecule has 1 unspecified atom stereocenters. The zero-order valence-corrected chi connectivity index (χ0v) is 19.2. The van der Waals surface area contributed by atoms with Crippen LogP contribution in [0.15, 0.2) is 72.8 Å². The van der Waals surface area contributed by atoms with E-state index in [2.05, 4.69) is 22.8 Å². The summed E-state index contributed by atoms with van der Waals surface area (Å²) in [5, 5.41) is 5.77. The Morgan fingerprint density at radius 2 is 1.82 bits per heavy atom. The number of rotatable bonds is 7. The van der Waals surface area contributed by atoms with Gasteiger partial charge in [0.15, 0.2) is 0 Å². The summed E-state index contributed by atoms with van der Waals surface area (Å²) in [5.74, 6) is 1.25. The molecule has 0 radical (unpaired) electrons. The average Bonchev–Trinajstić information content (AvgIpc) is 2.99. The van der Waals surface area contributed by atoms with Gasteiger partial charge in [-0.1, -0.05) is 54.6 Å². The fraction of sp³-hybridized carbons (Fsp3) is 0.231. The first-order valence-electron chi connectivity index (χ1n) is 10.8. The molecule has 2 amide bonds. The Labute approximate surface area is 197 Å². The van der Waals surface area contributed by atoms with Gasteiger partial charge in [0, 0.05) is 23.5 Å². The Morgan fingerprint density at radius 1 is 1.03 bits per heavy atom. The van der Waals surface area contributed by atoms with E-state index in [4.69, 9.17) is 9.47 Å². The van der Waals surface area contributed by atoms with Crippen LogP contribution in [-0.2, 0) is 22.6 Å². The number of carbonyl (C=O) groups is 2. The highest BCUT2D eigenvalue weighted by Gasteiger charge is 2.25. The van der Waals surface area contributed by atoms with Gasteiger partial charge >= 0.3 is 12.0 Å². The first-order chi connectivity index (χ1) is 16.1. The van der Waals surface area contributed by atoms with Crippen molar-refractivity contribution in [3.8, 4) is 5.75 Å². The number of amides is 2. The number of benzene rings is 3. The maximum Gasteiger partial charge on any atom is 0.319 e. The third kappa shape index (κ3) is 5.87. The number of anilines is 1. The van der Waals surface area contributed by atoms with E-state index in [1.807, 2.05) is 60.7 Å². The maximum atomic E-state index is 12.2. The quantitative estimate of drug-likeness (QED) is 0.384. The SMILES string of the molecule is COC(=O)Cc1ccc2c(c1)C(SCCNC(=O)Nc1ccccc1)c1ccccc1CO2. The molecule has 0 aromatic heterocycles. The van der Waals surface area contributed by atoms with Gasteiger partial charge in [-0.15, -0.1) is 11.8 Å². The van der Waals surface area contributed by atoms with Crippen molar-refractivity contribution in [3.63, 3.8) is 0 Å². The van der Waals surface area contributed by atoms with E-state index < -0.39 is 0 Å². The smallest absolute Gasteiger partial charge is 0.319 e. The molecule has 1 aliphatic rings. The monoisotopic (exact) mass is 462 g/mol. The Balaban J connectivity index is 1.47. The van der Waals surface area contributed by atoms with Gasteiger partial charge in [-0.25, -0.2) is 4.79 Å². The zero-order chi connectivity index (χ0) is 23.0.